The summed E-state index contributed by atoms with van der Waals surface area (Å²) in [6.07, 6.45) is 4.75. The third-order valence-corrected chi connectivity index (χ3v) is 9.83. The van der Waals surface area contributed by atoms with Gasteiger partial charge in [-0.05, 0) is 97.7 Å². The zero-order chi connectivity index (χ0) is 42.0. The molecular weight excluding hydrogens is 741 g/mol. The van der Waals surface area contributed by atoms with Gasteiger partial charge in [0.25, 0.3) is 0 Å². The summed E-state index contributed by atoms with van der Waals surface area (Å²) in [5.74, 6) is -1.19. The minimum Gasteiger partial charge on any atom is -0.496 e. The number of alkyl carbamates (subject to hydrolysis) is 1. The highest BCUT2D eigenvalue weighted by atomic mass is 16.6. The Balaban J connectivity index is 1.63. The number of amides is 4. The highest BCUT2D eigenvalue weighted by Gasteiger charge is 2.31. The molecule has 0 radical (unpaired) electrons. The quantitative estimate of drug-likeness (QED) is 0.0893. The minimum atomic E-state index is -1.13. The van der Waals surface area contributed by atoms with E-state index in [0.29, 0.717) is 36.3 Å². The van der Waals surface area contributed by atoms with Crippen LogP contribution in [0.2, 0.25) is 0 Å². The summed E-state index contributed by atoms with van der Waals surface area (Å²) < 4.78 is 22.8. The van der Waals surface area contributed by atoms with Crippen LogP contribution in [-0.4, -0.2) is 81.4 Å². The van der Waals surface area contributed by atoms with Crippen LogP contribution in [0.4, 0.5) is 4.79 Å². The maximum atomic E-state index is 14.3. The van der Waals surface area contributed by atoms with Crippen molar-refractivity contribution in [1.29, 1.82) is 0 Å². The molecule has 0 saturated heterocycles. The lowest BCUT2D eigenvalue weighted by atomic mass is 9.87. The Bertz CT molecular complexity index is 2190. The number of benzene rings is 4. The van der Waals surface area contributed by atoms with Crippen LogP contribution >= 0.6 is 0 Å². The van der Waals surface area contributed by atoms with Crippen LogP contribution in [0.15, 0.2) is 72.8 Å². The molecule has 1 heterocycles. The number of hydrogen-bond donors (Lipinski definition) is 4. The van der Waals surface area contributed by atoms with Gasteiger partial charge >= 0.3 is 12.1 Å². The van der Waals surface area contributed by atoms with E-state index in [-0.39, 0.29) is 25.8 Å². The Labute approximate surface area is 339 Å². The van der Waals surface area contributed by atoms with E-state index in [4.69, 9.17) is 18.9 Å². The van der Waals surface area contributed by atoms with Gasteiger partial charge in [-0.2, -0.15) is 0 Å². The summed E-state index contributed by atoms with van der Waals surface area (Å²) in [6.45, 7) is 6.90. The van der Waals surface area contributed by atoms with Crippen LogP contribution < -0.4 is 30.7 Å². The van der Waals surface area contributed by atoms with Crippen LogP contribution in [-0.2, 0) is 41.5 Å². The number of carbonyl (C=O) groups excluding carboxylic acids is 5. The molecule has 13 nitrogen and oxygen atoms in total. The molecule has 1 aliphatic rings. The van der Waals surface area contributed by atoms with Gasteiger partial charge in [-0.3, -0.25) is 14.4 Å². The fourth-order valence-electron chi connectivity index (χ4n) is 7.30. The molecule has 3 atom stereocenters. The third-order valence-electron chi connectivity index (χ3n) is 9.83. The molecule has 4 aromatic carbocycles. The van der Waals surface area contributed by atoms with E-state index in [1.54, 1.807) is 41.1 Å². The maximum Gasteiger partial charge on any atom is 0.407 e. The van der Waals surface area contributed by atoms with E-state index in [1.807, 2.05) is 60.7 Å². The van der Waals surface area contributed by atoms with E-state index in [9.17, 15) is 24.0 Å². The van der Waals surface area contributed by atoms with Crippen LogP contribution in [0.5, 0.6) is 11.5 Å². The smallest absolute Gasteiger partial charge is 0.407 e. The van der Waals surface area contributed by atoms with E-state index in [2.05, 4.69) is 27.3 Å². The number of carbonyl (C=O) groups is 5. The zero-order valence-corrected chi connectivity index (χ0v) is 34.3. The van der Waals surface area contributed by atoms with Crippen molar-refractivity contribution in [3.8, 4) is 22.6 Å². The molecule has 0 fully saturated rings. The molecule has 4 amide bonds. The van der Waals surface area contributed by atoms with Crippen molar-refractivity contribution < 1.29 is 42.9 Å². The summed E-state index contributed by atoms with van der Waals surface area (Å²) in [5, 5.41) is 14.8. The van der Waals surface area contributed by atoms with Gasteiger partial charge in [-0.25, -0.2) is 9.59 Å². The molecule has 0 spiro atoms. The number of rotatable bonds is 9. The highest BCUT2D eigenvalue weighted by Crippen LogP contribution is 2.48. The average molecular weight is 795 g/mol. The van der Waals surface area contributed by atoms with Gasteiger partial charge in [0.15, 0.2) is 0 Å². The number of fused-ring (bicyclic) bond motifs is 9. The van der Waals surface area contributed by atoms with Crippen LogP contribution in [0.3, 0.4) is 0 Å². The lowest BCUT2D eigenvalue weighted by Crippen LogP contribution is -2.56. The second kappa shape index (κ2) is 19.4. The fraction of sp³-hybridized carbons (Fsp3) is 0.400. The van der Waals surface area contributed by atoms with Crippen molar-refractivity contribution in [3.05, 3.63) is 83.9 Å². The molecule has 0 aromatic heterocycles. The van der Waals surface area contributed by atoms with Gasteiger partial charge in [-0.1, -0.05) is 60.7 Å². The zero-order valence-electron chi connectivity index (χ0n) is 34.3. The molecule has 4 bridgehead atoms. The second-order valence-corrected chi connectivity index (χ2v) is 15.3. The lowest BCUT2D eigenvalue weighted by Gasteiger charge is -2.26. The fourth-order valence-corrected chi connectivity index (χ4v) is 7.30. The molecule has 0 aliphatic carbocycles. The van der Waals surface area contributed by atoms with E-state index in [1.165, 1.54) is 14.0 Å². The molecule has 58 heavy (non-hydrogen) atoms. The lowest BCUT2D eigenvalue weighted by molar-refractivity contribution is -0.145. The van der Waals surface area contributed by atoms with Crippen LogP contribution in [0.25, 0.3) is 32.7 Å². The standard InChI is InChI=1S/C45H54N4O9/c1-27(50)47-36-26-31-25-29-17-9-12-20-33(29)38(40(31)56-6)37-32-19-11-8-16-28(32)24-30(39(37)55-5)18-10-13-22-35(43(53)57-7)49-41(51)34(48-42(36)52)21-14-15-23-46-44(54)58-45(2,3)4/h8-13,16-17,19-20,24-25,34-36H,14-15,18,21-23,26H2,1-7H3,(H,46,54)(H,47,50)(H,48,52)(H,49,51)/b13-10+/t34-,35+,36?/m1/s1. The number of hydrogen-bond acceptors (Lipinski definition) is 9. The monoisotopic (exact) mass is 794 g/mol. The molecule has 308 valence electrons. The molecule has 1 aliphatic heterocycles. The molecular formula is C45H54N4O9. The molecule has 0 saturated carbocycles. The van der Waals surface area contributed by atoms with Crippen molar-refractivity contribution in [2.45, 2.75) is 89.9 Å². The first-order chi connectivity index (χ1) is 27.7. The molecule has 1 unspecified atom stereocenters. The summed E-state index contributed by atoms with van der Waals surface area (Å²) in [7, 11) is 4.44. The second-order valence-electron chi connectivity index (χ2n) is 15.3. The number of nitrogens with one attached hydrogen (secondary N) is 4. The van der Waals surface area contributed by atoms with Gasteiger partial charge in [0.2, 0.25) is 17.7 Å². The van der Waals surface area contributed by atoms with Crippen molar-refractivity contribution in [2.24, 2.45) is 0 Å². The Morgan fingerprint density at radius 1 is 0.793 bits per heavy atom. The SMILES string of the molecule is COC(=O)[C@@H]1C/C=C/Cc2cc3ccccc3c(c2OC)-c2c(OC)c(cc3ccccc23)CC(NC(C)=O)C(=O)N[C@H](CCCCNC(=O)OC(C)(C)C)C(=O)N1. The number of allylic oxidation sites excluding steroid dienone is 1. The van der Waals surface area contributed by atoms with Crippen LogP contribution in [0, 0.1) is 0 Å². The van der Waals surface area contributed by atoms with Crippen molar-refractivity contribution in [2.75, 3.05) is 27.9 Å². The Morgan fingerprint density at radius 2 is 1.40 bits per heavy atom. The van der Waals surface area contributed by atoms with Gasteiger partial charge < -0.3 is 40.2 Å². The summed E-state index contributed by atoms with van der Waals surface area (Å²) in [5.41, 5.74) is 2.43. The van der Waals surface area contributed by atoms with E-state index < -0.39 is 53.5 Å². The Hall–Kier alpha value is -6.11. The summed E-state index contributed by atoms with van der Waals surface area (Å²) in [4.78, 5) is 66.2. The average Bonchev–Trinajstić information content (AvgIpc) is 3.18. The largest absolute Gasteiger partial charge is 0.496 e. The maximum absolute atomic E-state index is 14.3. The number of unbranched alkanes of at least 4 members (excludes halogenated alkanes) is 1. The predicted molar refractivity (Wildman–Crippen MR) is 223 cm³/mol. The molecule has 5 rings (SSSR count). The number of esters is 1. The first-order valence-corrected chi connectivity index (χ1v) is 19.5. The number of ether oxygens (including phenoxy) is 4. The van der Waals surface area contributed by atoms with Gasteiger partial charge in [0, 0.05) is 31.0 Å². The van der Waals surface area contributed by atoms with Gasteiger partial charge in [-0.15, -0.1) is 0 Å². The first-order valence-electron chi connectivity index (χ1n) is 19.5. The highest BCUT2D eigenvalue weighted by molar-refractivity contribution is 6.11. The third kappa shape index (κ3) is 10.6. The van der Waals surface area contributed by atoms with Crippen LogP contribution in [0.1, 0.15) is 64.5 Å². The van der Waals surface area contributed by atoms with Crippen molar-refractivity contribution >= 4 is 51.3 Å². The molecule has 4 N–H and O–H groups in total. The molecule has 13 heteroatoms. The normalized spacial score (nSPS) is 18.2. The number of methoxy groups -OCH3 is 3. The Kier molecular flexibility index (Phi) is 14.4. The summed E-state index contributed by atoms with van der Waals surface area (Å²) in [6, 6.07) is 16.6. The summed E-state index contributed by atoms with van der Waals surface area (Å²) >= 11 is 0. The first kappa shape index (κ1) is 43.0. The van der Waals surface area contributed by atoms with Crippen molar-refractivity contribution in [1.82, 2.24) is 21.3 Å². The minimum absolute atomic E-state index is 0.00797. The van der Waals surface area contributed by atoms with Gasteiger partial charge in [0.05, 0.1) is 21.3 Å². The van der Waals surface area contributed by atoms with E-state index >= 15 is 0 Å². The predicted octanol–water partition coefficient (Wildman–Crippen LogP) is 6.06. The molecule has 4 aromatic rings. The van der Waals surface area contributed by atoms with Crippen molar-refractivity contribution in [3.63, 3.8) is 0 Å². The van der Waals surface area contributed by atoms with E-state index in [0.717, 1.165) is 38.2 Å². The van der Waals surface area contributed by atoms with Gasteiger partial charge in [0.1, 0.15) is 35.2 Å². The Morgan fingerprint density at radius 3 is 1.98 bits per heavy atom. The topological polar surface area (TPSA) is 170 Å².